The standard InChI is InChI=1S/C14H25N5O5S2/c1-5-25(20,21)17-12-6-11-8-19(26(22,23)18(3)4)9-14(11,7-12)13-15-10(2)16-24-13/h11-12,17H,5-9H2,1-4H3. The van der Waals surface area contributed by atoms with Crippen molar-refractivity contribution in [3.05, 3.63) is 11.7 Å². The zero-order valence-corrected chi connectivity index (χ0v) is 17.0. The molecule has 1 aliphatic heterocycles. The minimum Gasteiger partial charge on any atom is -0.339 e. The summed E-state index contributed by atoms with van der Waals surface area (Å²) in [4.78, 5) is 4.35. The maximum atomic E-state index is 12.6. The molecule has 2 aliphatic rings. The van der Waals surface area contributed by atoms with Crippen LogP contribution in [0.2, 0.25) is 0 Å². The first-order valence-electron chi connectivity index (χ1n) is 8.48. The fourth-order valence-electron chi connectivity index (χ4n) is 3.99. The summed E-state index contributed by atoms with van der Waals surface area (Å²) in [6.07, 6.45) is 0.956. The molecule has 0 spiro atoms. The zero-order chi connectivity index (χ0) is 19.3. The number of aryl methyl sites for hydroxylation is 1. The van der Waals surface area contributed by atoms with Crippen LogP contribution in [-0.2, 0) is 25.6 Å². The van der Waals surface area contributed by atoms with Gasteiger partial charge in [-0.25, -0.2) is 13.1 Å². The van der Waals surface area contributed by atoms with Gasteiger partial charge >= 0.3 is 0 Å². The quantitative estimate of drug-likeness (QED) is 0.671. The number of aromatic nitrogens is 2. The molecule has 2 heterocycles. The summed E-state index contributed by atoms with van der Waals surface area (Å²) in [5.74, 6) is 0.762. The molecule has 2 fully saturated rings. The van der Waals surface area contributed by atoms with Crippen molar-refractivity contribution in [2.45, 2.75) is 38.1 Å². The average Bonchev–Trinajstić information content (AvgIpc) is 3.19. The maximum Gasteiger partial charge on any atom is 0.281 e. The third-order valence-electron chi connectivity index (χ3n) is 5.31. The van der Waals surface area contributed by atoms with Crippen molar-refractivity contribution in [1.82, 2.24) is 23.5 Å². The van der Waals surface area contributed by atoms with E-state index < -0.39 is 25.6 Å². The molecule has 0 aromatic carbocycles. The molecule has 1 saturated carbocycles. The van der Waals surface area contributed by atoms with Gasteiger partial charge in [0.05, 0.1) is 11.2 Å². The second-order valence-electron chi connectivity index (χ2n) is 7.24. The van der Waals surface area contributed by atoms with Crippen molar-refractivity contribution in [3.8, 4) is 0 Å². The Bertz CT molecular complexity index is 881. The summed E-state index contributed by atoms with van der Waals surface area (Å²) in [5, 5.41) is 3.85. The van der Waals surface area contributed by atoms with Crippen LogP contribution in [0.25, 0.3) is 0 Å². The molecule has 10 nitrogen and oxygen atoms in total. The molecule has 1 aromatic heterocycles. The predicted octanol–water partition coefficient (Wildman–Crippen LogP) is -0.544. The molecule has 3 atom stereocenters. The summed E-state index contributed by atoms with van der Waals surface area (Å²) in [5.41, 5.74) is -0.675. The first-order chi connectivity index (χ1) is 12.0. The van der Waals surface area contributed by atoms with E-state index in [-0.39, 0.29) is 24.3 Å². The number of nitrogens with one attached hydrogen (secondary N) is 1. The third-order valence-corrected chi connectivity index (χ3v) is 8.62. The van der Waals surface area contributed by atoms with Gasteiger partial charge in [-0.15, -0.1) is 0 Å². The maximum absolute atomic E-state index is 12.6. The molecule has 3 unspecified atom stereocenters. The van der Waals surface area contributed by atoms with Crippen LogP contribution >= 0.6 is 0 Å². The lowest BCUT2D eigenvalue weighted by Gasteiger charge is -2.26. The van der Waals surface area contributed by atoms with Gasteiger partial charge in [0.2, 0.25) is 15.9 Å². The molecule has 3 rings (SSSR count). The molecule has 1 aliphatic carbocycles. The number of hydrogen-bond donors (Lipinski definition) is 1. The monoisotopic (exact) mass is 407 g/mol. The second kappa shape index (κ2) is 6.51. The van der Waals surface area contributed by atoms with Gasteiger partial charge in [0.1, 0.15) is 0 Å². The Morgan fingerprint density at radius 2 is 2.04 bits per heavy atom. The van der Waals surface area contributed by atoms with E-state index in [1.165, 1.54) is 22.7 Å². The van der Waals surface area contributed by atoms with Crippen LogP contribution in [0.1, 0.15) is 31.5 Å². The lowest BCUT2D eigenvalue weighted by atomic mass is 9.80. The SMILES string of the molecule is CCS(=O)(=O)NC1CC2CN(S(=O)(=O)N(C)C)CC2(c2nc(C)no2)C1. The summed E-state index contributed by atoms with van der Waals surface area (Å²) in [7, 11) is -3.94. The van der Waals surface area contributed by atoms with Gasteiger partial charge in [-0.1, -0.05) is 5.16 Å². The van der Waals surface area contributed by atoms with Gasteiger partial charge < -0.3 is 4.52 Å². The second-order valence-corrected chi connectivity index (χ2v) is 11.4. The van der Waals surface area contributed by atoms with Gasteiger partial charge in [-0.2, -0.15) is 22.0 Å². The van der Waals surface area contributed by atoms with Gasteiger partial charge in [0, 0.05) is 33.2 Å². The Balaban J connectivity index is 1.93. The number of hydrogen-bond acceptors (Lipinski definition) is 7. The van der Waals surface area contributed by atoms with Crippen LogP contribution in [-0.4, -0.2) is 74.6 Å². The summed E-state index contributed by atoms with van der Waals surface area (Å²) in [6.45, 7) is 3.78. The van der Waals surface area contributed by atoms with E-state index in [4.69, 9.17) is 4.52 Å². The molecule has 148 valence electrons. The fourth-order valence-corrected chi connectivity index (χ4v) is 6.07. The largest absolute Gasteiger partial charge is 0.339 e. The van der Waals surface area contributed by atoms with Crippen molar-refractivity contribution in [2.75, 3.05) is 32.9 Å². The highest BCUT2D eigenvalue weighted by molar-refractivity contribution is 7.89. The van der Waals surface area contributed by atoms with Crippen molar-refractivity contribution in [3.63, 3.8) is 0 Å². The van der Waals surface area contributed by atoms with E-state index in [0.29, 0.717) is 31.1 Å². The van der Waals surface area contributed by atoms with Crippen molar-refractivity contribution < 1.29 is 21.4 Å². The summed E-state index contributed by atoms with van der Waals surface area (Å²) < 4.78 is 59.8. The molecular formula is C14H25N5O5S2. The van der Waals surface area contributed by atoms with E-state index in [2.05, 4.69) is 14.9 Å². The predicted molar refractivity (Wildman–Crippen MR) is 94.0 cm³/mol. The van der Waals surface area contributed by atoms with Crippen LogP contribution in [0.4, 0.5) is 0 Å². The van der Waals surface area contributed by atoms with E-state index in [1.807, 2.05) is 0 Å². The number of sulfonamides is 1. The Kier molecular flexibility index (Phi) is 4.93. The summed E-state index contributed by atoms with van der Waals surface area (Å²) >= 11 is 0. The van der Waals surface area contributed by atoms with Crippen LogP contribution in [0.5, 0.6) is 0 Å². The number of nitrogens with zero attached hydrogens (tertiary/aromatic N) is 4. The van der Waals surface area contributed by atoms with Crippen molar-refractivity contribution in [2.24, 2.45) is 5.92 Å². The number of fused-ring (bicyclic) bond motifs is 1. The van der Waals surface area contributed by atoms with Gasteiger partial charge in [-0.3, -0.25) is 0 Å². The topological polar surface area (TPSA) is 126 Å². The average molecular weight is 408 g/mol. The molecule has 1 N–H and O–H groups in total. The van der Waals surface area contributed by atoms with E-state index in [1.54, 1.807) is 13.8 Å². The van der Waals surface area contributed by atoms with E-state index in [0.717, 1.165) is 0 Å². The molecule has 1 saturated heterocycles. The van der Waals surface area contributed by atoms with Crippen LogP contribution in [0.3, 0.4) is 0 Å². The normalized spacial score (nSPS) is 30.2. The van der Waals surface area contributed by atoms with Crippen LogP contribution in [0.15, 0.2) is 4.52 Å². The Labute approximate surface area is 154 Å². The third kappa shape index (κ3) is 3.28. The Morgan fingerprint density at radius 3 is 2.58 bits per heavy atom. The van der Waals surface area contributed by atoms with E-state index >= 15 is 0 Å². The molecule has 12 heteroatoms. The molecular weight excluding hydrogens is 382 g/mol. The smallest absolute Gasteiger partial charge is 0.281 e. The first kappa shape index (κ1) is 19.7. The van der Waals surface area contributed by atoms with Crippen molar-refractivity contribution in [1.29, 1.82) is 0 Å². The fraction of sp³-hybridized carbons (Fsp3) is 0.857. The van der Waals surface area contributed by atoms with Crippen LogP contribution in [0, 0.1) is 12.8 Å². The lowest BCUT2D eigenvalue weighted by molar-refractivity contribution is 0.258. The van der Waals surface area contributed by atoms with Gasteiger partial charge in [-0.05, 0) is 32.6 Å². The minimum absolute atomic E-state index is 0.00195. The van der Waals surface area contributed by atoms with Gasteiger partial charge in [0.25, 0.3) is 10.2 Å². The molecule has 0 radical (unpaired) electrons. The lowest BCUT2D eigenvalue weighted by Crippen LogP contribution is -2.43. The van der Waals surface area contributed by atoms with Gasteiger partial charge in [0.15, 0.2) is 5.82 Å². The Hall–Kier alpha value is -1.08. The van der Waals surface area contributed by atoms with Crippen molar-refractivity contribution >= 4 is 20.2 Å². The zero-order valence-electron chi connectivity index (χ0n) is 15.3. The summed E-state index contributed by atoms with van der Waals surface area (Å²) in [6, 6.07) is -0.277. The highest BCUT2D eigenvalue weighted by Gasteiger charge is 2.59. The van der Waals surface area contributed by atoms with Crippen LogP contribution < -0.4 is 4.72 Å². The molecule has 0 amide bonds. The minimum atomic E-state index is -3.58. The molecule has 0 bridgehead atoms. The molecule has 1 aromatic rings. The molecule has 26 heavy (non-hydrogen) atoms. The Morgan fingerprint density at radius 1 is 1.35 bits per heavy atom. The first-order valence-corrected chi connectivity index (χ1v) is 11.5. The highest BCUT2D eigenvalue weighted by Crippen LogP contribution is 2.50. The van der Waals surface area contributed by atoms with E-state index in [9.17, 15) is 16.8 Å². The highest BCUT2D eigenvalue weighted by atomic mass is 32.2. The number of rotatable bonds is 6.